The number of rotatable bonds is 4. The Morgan fingerprint density at radius 1 is 0.412 bits per heavy atom. The van der Waals surface area contributed by atoms with Crippen molar-refractivity contribution in [1.29, 1.82) is 0 Å². The summed E-state index contributed by atoms with van der Waals surface area (Å²) < 4.78 is 11.8. The van der Waals surface area contributed by atoms with Gasteiger partial charge in [0.25, 0.3) is 0 Å². The van der Waals surface area contributed by atoms with Crippen LogP contribution < -0.4 is 0 Å². The van der Waals surface area contributed by atoms with E-state index < -0.39 is 0 Å². The third-order valence-electron chi connectivity index (χ3n) is 10.1. The van der Waals surface area contributed by atoms with Gasteiger partial charge in [0, 0.05) is 62.4 Å². The predicted molar refractivity (Wildman–Crippen MR) is 217 cm³/mol. The zero-order chi connectivity index (χ0) is 33.5. The van der Waals surface area contributed by atoms with Crippen molar-refractivity contribution in [3.05, 3.63) is 158 Å². The Labute approximate surface area is 300 Å². The van der Waals surface area contributed by atoms with Gasteiger partial charge in [-0.1, -0.05) is 127 Å². The smallest absolute Gasteiger partial charge is 0.180 e. The molecule has 0 bridgehead atoms. The highest BCUT2D eigenvalue weighted by molar-refractivity contribution is 7.26. The summed E-state index contributed by atoms with van der Waals surface area (Å²) >= 11 is 3.70. The highest BCUT2D eigenvalue weighted by Crippen LogP contribution is 2.46. The zero-order valence-electron chi connectivity index (χ0n) is 27.1. The second-order valence-corrected chi connectivity index (χ2v) is 15.0. The molecule has 11 rings (SSSR count). The number of benzene rings is 7. The summed E-state index contributed by atoms with van der Waals surface area (Å²) in [5.41, 5.74) is 11.2. The Kier molecular flexibility index (Phi) is 6.29. The van der Waals surface area contributed by atoms with E-state index in [4.69, 9.17) is 14.4 Å². The van der Waals surface area contributed by atoms with Gasteiger partial charge in [-0.2, -0.15) is 0 Å². The van der Waals surface area contributed by atoms with Gasteiger partial charge in [0.05, 0.1) is 0 Å². The summed E-state index contributed by atoms with van der Waals surface area (Å²) in [5.74, 6) is 0. The summed E-state index contributed by atoms with van der Waals surface area (Å²) in [7, 11) is 0. The lowest BCUT2D eigenvalue weighted by Gasteiger charge is -2.11. The maximum absolute atomic E-state index is 6.64. The first-order valence-corrected chi connectivity index (χ1v) is 18.6. The number of furan rings is 1. The predicted octanol–water partition coefficient (Wildman–Crippen LogP) is 13.8. The van der Waals surface area contributed by atoms with E-state index in [-0.39, 0.29) is 0 Å². The molecule has 0 radical (unpaired) electrons. The molecule has 4 aromatic heterocycles. The van der Waals surface area contributed by atoms with E-state index in [1.165, 1.54) is 62.6 Å². The van der Waals surface area contributed by atoms with Gasteiger partial charge >= 0.3 is 0 Å². The van der Waals surface area contributed by atoms with Crippen molar-refractivity contribution >= 4 is 85.1 Å². The van der Waals surface area contributed by atoms with Crippen molar-refractivity contribution < 1.29 is 4.42 Å². The van der Waals surface area contributed by atoms with Gasteiger partial charge < -0.3 is 4.42 Å². The quantitative estimate of drug-likeness (QED) is 0.185. The SMILES string of the molecule is c1ccc(-c2cccc3c2sc2ccccc23)c(-c2ccc3oc4c(-c5ccccc5-c5cccc6c5sc5ccccc56)ncnc4c3c2)c1. The van der Waals surface area contributed by atoms with Gasteiger partial charge in [0.15, 0.2) is 5.58 Å². The molecule has 5 heteroatoms. The standard InChI is InChI=1S/C46H26N2OS2/c1-2-12-29(34-17-9-19-36-31-14-5-7-21-40(31)50-45(34)36)28(11-1)27-23-24-39-38(25-27)43-44(49-39)42(47-26-48-43)33-16-4-3-13-30(33)35-18-10-20-37-32-15-6-8-22-41(32)51-46(35)37/h1-26H. The molecule has 0 atom stereocenters. The number of hydrogen-bond acceptors (Lipinski definition) is 5. The summed E-state index contributed by atoms with van der Waals surface area (Å²) in [6.07, 6.45) is 1.67. The lowest BCUT2D eigenvalue weighted by atomic mass is 9.93. The van der Waals surface area contributed by atoms with Crippen LogP contribution in [0.25, 0.3) is 107 Å². The van der Waals surface area contributed by atoms with E-state index in [1.54, 1.807) is 6.33 Å². The van der Waals surface area contributed by atoms with Crippen LogP contribution in [0.15, 0.2) is 162 Å². The maximum Gasteiger partial charge on any atom is 0.180 e. The molecule has 0 spiro atoms. The Bertz CT molecular complexity index is 3170. The van der Waals surface area contributed by atoms with Crippen LogP contribution in [0.3, 0.4) is 0 Å². The van der Waals surface area contributed by atoms with E-state index >= 15 is 0 Å². The van der Waals surface area contributed by atoms with Gasteiger partial charge in [-0.3, -0.25) is 0 Å². The van der Waals surface area contributed by atoms with Gasteiger partial charge in [0.2, 0.25) is 0 Å². The number of aromatic nitrogens is 2. The molecule has 4 heterocycles. The molecule has 0 aliphatic carbocycles. The summed E-state index contributed by atoms with van der Waals surface area (Å²) in [4.78, 5) is 9.68. The van der Waals surface area contributed by atoms with E-state index in [9.17, 15) is 0 Å². The van der Waals surface area contributed by atoms with Crippen LogP contribution in [0.1, 0.15) is 0 Å². The van der Waals surface area contributed by atoms with E-state index in [0.29, 0.717) is 5.58 Å². The molecule has 0 amide bonds. The topological polar surface area (TPSA) is 38.9 Å². The minimum Gasteiger partial charge on any atom is -0.452 e. The highest BCUT2D eigenvalue weighted by Gasteiger charge is 2.21. The van der Waals surface area contributed by atoms with Crippen LogP contribution in [0.4, 0.5) is 0 Å². The molecule has 51 heavy (non-hydrogen) atoms. The molecule has 0 saturated carbocycles. The fourth-order valence-corrected chi connectivity index (χ4v) is 10.2. The summed E-state index contributed by atoms with van der Waals surface area (Å²) in [5, 5.41) is 6.14. The maximum atomic E-state index is 6.64. The third-order valence-corrected chi connectivity index (χ3v) is 12.5. The average Bonchev–Trinajstić information content (AvgIpc) is 3.89. The molecule has 0 aliphatic heterocycles. The Morgan fingerprint density at radius 2 is 0.941 bits per heavy atom. The van der Waals surface area contributed by atoms with Crippen molar-refractivity contribution in [2.45, 2.75) is 0 Å². The second-order valence-electron chi connectivity index (χ2n) is 12.9. The molecule has 0 fully saturated rings. The van der Waals surface area contributed by atoms with E-state index in [2.05, 4.69) is 152 Å². The second kappa shape index (κ2) is 11.2. The fraction of sp³-hybridized carbons (Fsp3) is 0. The number of nitrogens with zero attached hydrogens (tertiary/aromatic N) is 2. The van der Waals surface area contributed by atoms with Crippen LogP contribution >= 0.6 is 22.7 Å². The fourth-order valence-electron chi connectivity index (χ4n) is 7.75. The van der Waals surface area contributed by atoms with E-state index in [0.717, 1.165) is 38.9 Å². The number of fused-ring (bicyclic) bond motifs is 9. The van der Waals surface area contributed by atoms with Gasteiger partial charge in [-0.25, -0.2) is 9.97 Å². The van der Waals surface area contributed by atoms with Gasteiger partial charge in [-0.15, -0.1) is 22.7 Å². The highest BCUT2D eigenvalue weighted by atomic mass is 32.1. The molecule has 0 saturated heterocycles. The molecule has 7 aromatic carbocycles. The first kappa shape index (κ1) is 28.7. The van der Waals surface area contributed by atoms with Crippen molar-refractivity contribution in [3.8, 4) is 44.6 Å². The molecule has 0 aliphatic rings. The van der Waals surface area contributed by atoms with Crippen LogP contribution in [0.2, 0.25) is 0 Å². The average molecular weight is 687 g/mol. The van der Waals surface area contributed by atoms with Crippen LogP contribution in [-0.4, -0.2) is 9.97 Å². The van der Waals surface area contributed by atoms with Gasteiger partial charge in [0.1, 0.15) is 23.1 Å². The largest absolute Gasteiger partial charge is 0.452 e. The summed E-state index contributed by atoms with van der Waals surface area (Å²) in [6, 6.07) is 54.3. The van der Waals surface area contributed by atoms with Crippen molar-refractivity contribution in [2.24, 2.45) is 0 Å². The van der Waals surface area contributed by atoms with Crippen LogP contribution in [0, 0.1) is 0 Å². The zero-order valence-corrected chi connectivity index (χ0v) is 28.8. The molecular weight excluding hydrogens is 661 g/mol. The Morgan fingerprint density at radius 3 is 1.61 bits per heavy atom. The monoisotopic (exact) mass is 686 g/mol. The Balaban J connectivity index is 1.08. The molecule has 3 nitrogen and oxygen atoms in total. The number of thiophene rings is 2. The molecule has 238 valence electrons. The van der Waals surface area contributed by atoms with Crippen molar-refractivity contribution in [2.75, 3.05) is 0 Å². The normalized spacial score (nSPS) is 11.9. The van der Waals surface area contributed by atoms with Crippen molar-refractivity contribution in [1.82, 2.24) is 9.97 Å². The Hall–Kier alpha value is -6.14. The molecule has 11 aromatic rings. The van der Waals surface area contributed by atoms with Crippen LogP contribution in [-0.2, 0) is 0 Å². The van der Waals surface area contributed by atoms with Crippen LogP contribution in [0.5, 0.6) is 0 Å². The van der Waals surface area contributed by atoms with Gasteiger partial charge in [-0.05, 0) is 46.5 Å². The minimum atomic E-state index is 0.698. The minimum absolute atomic E-state index is 0.698. The first-order valence-electron chi connectivity index (χ1n) is 17.0. The lowest BCUT2D eigenvalue weighted by Crippen LogP contribution is -1.90. The number of hydrogen-bond donors (Lipinski definition) is 0. The summed E-state index contributed by atoms with van der Waals surface area (Å²) in [6.45, 7) is 0. The third kappa shape index (κ3) is 4.35. The molecule has 0 N–H and O–H groups in total. The first-order chi connectivity index (χ1) is 25.3. The van der Waals surface area contributed by atoms with Crippen molar-refractivity contribution in [3.63, 3.8) is 0 Å². The molecular formula is C46H26N2OS2. The molecule has 0 unspecified atom stereocenters. The lowest BCUT2D eigenvalue weighted by molar-refractivity contribution is 0.667. The van der Waals surface area contributed by atoms with E-state index in [1.807, 2.05) is 22.7 Å².